The highest BCUT2D eigenvalue weighted by Crippen LogP contribution is 2.43. The predicted octanol–water partition coefficient (Wildman–Crippen LogP) is 2.13. The molecular weight excluding hydrogens is 438 g/mol. The second kappa shape index (κ2) is 10.6. The number of carbonyl (C=O) groups excluding carboxylic acids is 2. The number of allylic oxidation sites excluding steroid dienone is 1. The summed E-state index contributed by atoms with van der Waals surface area (Å²) in [6, 6.07) is 15.9. The summed E-state index contributed by atoms with van der Waals surface area (Å²) in [4.78, 5) is 27.5. The largest absolute Gasteiger partial charge is 0.497 e. The molecule has 0 aliphatic carbocycles. The molecule has 9 heteroatoms. The molecule has 34 heavy (non-hydrogen) atoms. The number of carbonyl (C=O) groups is 2. The minimum Gasteiger partial charge on any atom is -0.497 e. The van der Waals surface area contributed by atoms with Crippen LogP contribution in [-0.4, -0.2) is 45.0 Å². The Bertz CT molecular complexity index is 1200. The van der Waals surface area contributed by atoms with Crippen molar-refractivity contribution in [2.45, 2.75) is 12.3 Å². The lowest BCUT2D eigenvalue weighted by molar-refractivity contribution is -0.139. The second-order valence-corrected chi connectivity index (χ2v) is 7.35. The Kier molecular flexibility index (Phi) is 7.56. The second-order valence-electron chi connectivity index (χ2n) is 7.35. The number of hydrogen-bond acceptors (Lipinski definition) is 9. The molecular formula is C25H25N3O6. The van der Waals surface area contributed by atoms with Crippen LogP contribution in [0.1, 0.15) is 17.0 Å². The van der Waals surface area contributed by atoms with Gasteiger partial charge in [0, 0.05) is 12.7 Å². The Morgan fingerprint density at radius 2 is 1.76 bits per heavy atom. The number of nitriles is 1. The average molecular weight is 463 g/mol. The summed E-state index contributed by atoms with van der Waals surface area (Å²) in [5, 5.41) is 19.5. The summed E-state index contributed by atoms with van der Waals surface area (Å²) in [5.74, 6) is -2.22. The zero-order chi connectivity index (χ0) is 24.8. The first-order valence-electron chi connectivity index (χ1n) is 10.4. The molecule has 1 aliphatic heterocycles. The Morgan fingerprint density at radius 1 is 1.09 bits per heavy atom. The molecule has 0 amide bonds. The van der Waals surface area contributed by atoms with Gasteiger partial charge in [-0.2, -0.15) is 5.26 Å². The third kappa shape index (κ3) is 4.44. The first-order valence-corrected chi connectivity index (χ1v) is 10.4. The molecule has 0 radical (unpaired) electrons. The highest BCUT2D eigenvalue weighted by Gasteiger charge is 2.43. The number of aliphatic hydroxyl groups is 1. The van der Waals surface area contributed by atoms with Crippen molar-refractivity contribution >= 4 is 17.6 Å². The van der Waals surface area contributed by atoms with E-state index in [0.29, 0.717) is 29.0 Å². The van der Waals surface area contributed by atoms with Gasteiger partial charge in [-0.15, -0.1) is 0 Å². The lowest BCUT2D eigenvalue weighted by Gasteiger charge is -2.36. The number of rotatable bonds is 7. The van der Waals surface area contributed by atoms with Crippen molar-refractivity contribution in [3.05, 3.63) is 82.3 Å². The smallest absolute Gasteiger partial charge is 0.355 e. The van der Waals surface area contributed by atoms with E-state index in [1.807, 2.05) is 0 Å². The number of esters is 2. The zero-order valence-electron chi connectivity index (χ0n) is 19.1. The van der Waals surface area contributed by atoms with E-state index < -0.39 is 17.9 Å². The molecule has 1 atom stereocenters. The van der Waals surface area contributed by atoms with Crippen LogP contribution in [0.25, 0.3) is 0 Å². The maximum absolute atomic E-state index is 13.1. The fourth-order valence-corrected chi connectivity index (χ4v) is 3.95. The highest BCUT2D eigenvalue weighted by molar-refractivity contribution is 6.06. The van der Waals surface area contributed by atoms with E-state index in [2.05, 4.69) is 6.07 Å². The lowest BCUT2D eigenvalue weighted by atomic mass is 9.81. The molecule has 3 N–H and O–H groups in total. The summed E-state index contributed by atoms with van der Waals surface area (Å²) in [5.41, 5.74) is 7.91. The van der Waals surface area contributed by atoms with Crippen LogP contribution in [0.3, 0.4) is 0 Å². The van der Waals surface area contributed by atoms with Gasteiger partial charge in [-0.3, -0.25) is 4.90 Å². The molecule has 0 fully saturated rings. The normalized spacial score (nSPS) is 15.6. The number of anilines is 1. The van der Waals surface area contributed by atoms with Crippen molar-refractivity contribution in [1.82, 2.24) is 0 Å². The van der Waals surface area contributed by atoms with E-state index in [-0.39, 0.29) is 29.3 Å². The van der Waals surface area contributed by atoms with Crippen molar-refractivity contribution in [2.75, 3.05) is 32.8 Å². The molecule has 1 unspecified atom stereocenters. The van der Waals surface area contributed by atoms with Gasteiger partial charge >= 0.3 is 11.9 Å². The number of nitrogens with zero attached hydrogens (tertiary/aromatic N) is 2. The molecule has 1 heterocycles. The number of hydrogen-bond donors (Lipinski definition) is 2. The Morgan fingerprint density at radius 3 is 2.32 bits per heavy atom. The number of ether oxygens (including phenoxy) is 3. The Hall–Kier alpha value is -4.29. The van der Waals surface area contributed by atoms with Crippen molar-refractivity contribution < 1.29 is 28.9 Å². The van der Waals surface area contributed by atoms with E-state index in [1.165, 1.54) is 26.2 Å². The maximum atomic E-state index is 13.1. The molecule has 2 aromatic carbocycles. The molecule has 0 bridgehead atoms. The van der Waals surface area contributed by atoms with E-state index in [0.717, 1.165) is 0 Å². The highest BCUT2D eigenvalue weighted by atomic mass is 16.5. The molecule has 3 rings (SSSR count). The molecule has 0 spiro atoms. The average Bonchev–Trinajstić information content (AvgIpc) is 2.87. The van der Waals surface area contributed by atoms with E-state index in [1.54, 1.807) is 48.5 Å². The van der Waals surface area contributed by atoms with Crippen LogP contribution < -0.4 is 15.4 Å². The third-order valence-electron chi connectivity index (χ3n) is 5.46. The van der Waals surface area contributed by atoms with Crippen LogP contribution >= 0.6 is 0 Å². The number of benzene rings is 2. The molecule has 0 aromatic heterocycles. The molecule has 0 saturated carbocycles. The van der Waals surface area contributed by atoms with Crippen LogP contribution in [-0.2, 0) is 25.5 Å². The van der Waals surface area contributed by atoms with Crippen molar-refractivity contribution in [3.8, 4) is 11.8 Å². The van der Waals surface area contributed by atoms with Crippen LogP contribution in [0, 0.1) is 11.3 Å². The summed E-state index contributed by atoms with van der Waals surface area (Å²) in [7, 11) is 3.85. The third-order valence-corrected chi connectivity index (χ3v) is 5.46. The van der Waals surface area contributed by atoms with Crippen LogP contribution in [0.2, 0.25) is 0 Å². The first kappa shape index (κ1) is 24.4. The maximum Gasteiger partial charge on any atom is 0.355 e. The SMILES string of the molecule is COC(=O)C1=C(C(=O)OC)N(c2cc(CCO)cc(OC)c2)C(N)=C(C#N)C1c1ccccc1. The monoisotopic (exact) mass is 463 g/mol. The number of aliphatic hydroxyl groups excluding tert-OH is 1. The Labute approximate surface area is 197 Å². The van der Waals surface area contributed by atoms with E-state index >= 15 is 0 Å². The van der Waals surface area contributed by atoms with E-state index in [4.69, 9.17) is 19.9 Å². The molecule has 1 aliphatic rings. The topological polar surface area (TPSA) is 135 Å². The molecule has 2 aromatic rings. The Balaban J connectivity index is 2.41. The van der Waals surface area contributed by atoms with Gasteiger partial charge < -0.3 is 25.1 Å². The summed E-state index contributed by atoms with van der Waals surface area (Å²) in [6.45, 7) is -0.120. The number of nitrogens with two attached hydrogens (primary N) is 1. The number of methoxy groups -OCH3 is 3. The minimum absolute atomic E-state index is 0.0485. The fourth-order valence-electron chi connectivity index (χ4n) is 3.95. The summed E-state index contributed by atoms with van der Waals surface area (Å²) >= 11 is 0. The van der Waals surface area contributed by atoms with Crippen molar-refractivity contribution in [1.29, 1.82) is 5.26 Å². The van der Waals surface area contributed by atoms with Crippen LogP contribution in [0.4, 0.5) is 5.69 Å². The van der Waals surface area contributed by atoms with Gasteiger partial charge in [-0.25, -0.2) is 9.59 Å². The van der Waals surface area contributed by atoms with Crippen molar-refractivity contribution in [3.63, 3.8) is 0 Å². The first-order chi connectivity index (χ1) is 16.4. The lowest BCUT2D eigenvalue weighted by Crippen LogP contribution is -2.40. The standard InChI is InChI=1S/C25H25N3O6/c1-32-18-12-15(9-10-29)11-17(13-18)28-22(25(31)34-3)21(24(30)33-2)20(19(14-26)23(28)27)16-7-5-4-6-8-16/h4-8,11-13,20,29H,9-10,27H2,1-3H3. The molecule has 9 nitrogen and oxygen atoms in total. The zero-order valence-corrected chi connectivity index (χ0v) is 19.1. The predicted molar refractivity (Wildman–Crippen MR) is 123 cm³/mol. The van der Waals surface area contributed by atoms with Gasteiger partial charge in [0.05, 0.1) is 50.2 Å². The minimum atomic E-state index is -0.952. The quantitative estimate of drug-likeness (QED) is 0.592. The van der Waals surface area contributed by atoms with Gasteiger partial charge in [0.15, 0.2) is 0 Å². The fraction of sp³-hybridized carbons (Fsp3) is 0.240. The van der Waals surface area contributed by atoms with Gasteiger partial charge in [-0.1, -0.05) is 30.3 Å². The van der Waals surface area contributed by atoms with Crippen LogP contribution in [0.15, 0.2) is 71.2 Å². The molecule has 0 saturated heterocycles. The van der Waals surface area contributed by atoms with Gasteiger partial charge in [0.25, 0.3) is 0 Å². The summed E-state index contributed by atoms with van der Waals surface area (Å²) < 4.78 is 15.4. The van der Waals surface area contributed by atoms with Gasteiger partial charge in [0.1, 0.15) is 17.3 Å². The van der Waals surface area contributed by atoms with Crippen LogP contribution in [0.5, 0.6) is 5.75 Å². The summed E-state index contributed by atoms with van der Waals surface area (Å²) in [6.07, 6.45) is 0.306. The molecule has 176 valence electrons. The van der Waals surface area contributed by atoms with Gasteiger partial charge in [0.2, 0.25) is 0 Å². The van der Waals surface area contributed by atoms with Crippen molar-refractivity contribution in [2.24, 2.45) is 5.73 Å². The van der Waals surface area contributed by atoms with Gasteiger partial charge in [-0.05, 0) is 29.7 Å². The van der Waals surface area contributed by atoms with E-state index in [9.17, 15) is 20.0 Å².